The molecule has 0 radical (unpaired) electrons. The summed E-state index contributed by atoms with van der Waals surface area (Å²) in [7, 11) is 0. The fraction of sp³-hybridized carbons (Fsp3) is 0.235. The van der Waals surface area contributed by atoms with Gasteiger partial charge in [0.1, 0.15) is 12.4 Å². The molecule has 0 aliphatic rings. The molecule has 1 amide bonds. The van der Waals surface area contributed by atoms with Crippen molar-refractivity contribution in [3.8, 4) is 0 Å². The Labute approximate surface area is 133 Å². The lowest BCUT2D eigenvalue weighted by Crippen LogP contribution is -2.32. The first-order valence-electron chi connectivity index (χ1n) is 7.58. The van der Waals surface area contributed by atoms with Crippen molar-refractivity contribution in [3.05, 3.63) is 64.8 Å². The Balaban J connectivity index is 1.45. The SMILES string of the molecule is O=C(Cn1ccccc1=O)NCCCc1nc2ccccc2[nH]1. The molecule has 118 valence electrons. The summed E-state index contributed by atoms with van der Waals surface area (Å²) in [6.45, 7) is 0.599. The minimum Gasteiger partial charge on any atom is -0.355 e. The van der Waals surface area contributed by atoms with Gasteiger partial charge in [0.25, 0.3) is 5.56 Å². The monoisotopic (exact) mass is 310 g/mol. The molecule has 0 aliphatic heterocycles. The number of aromatic nitrogens is 3. The Hall–Kier alpha value is -2.89. The Morgan fingerprint density at radius 2 is 2.00 bits per heavy atom. The van der Waals surface area contributed by atoms with Crippen LogP contribution in [-0.2, 0) is 17.8 Å². The first kappa shape index (κ1) is 15.0. The number of aryl methyl sites for hydroxylation is 1. The summed E-state index contributed by atoms with van der Waals surface area (Å²) in [6, 6.07) is 12.7. The van der Waals surface area contributed by atoms with E-state index in [1.54, 1.807) is 18.3 Å². The third-order valence-electron chi connectivity index (χ3n) is 3.56. The van der Waals surface area contributed by atoms with E-state index in [0.717, 1.165) is 29.7 Å². The van der Waals surface area contributed by atoms with Crippen molar-refractivity contribution < 1.29 is 4.79 Å². The number of hydrogen-bond acceptors (Lipinski definition) is 3. The van der Waals surface area contributed by atoms with Crippen LogP contribution in [0.25, 0.3) is 11.0 Å². The highest BCUT2D eigenvalue weighted by Gasteiger charge is 2.04. The predicted molar refractivity (Wildman–Crippen MR) is 88.1 cm³/mol. The van der Waals surface area contributed by atoms with E-state index >= 15 is 0 Å². The molecule has 0 unspecified atom stereocenters. The van der Waals surface area contributed by atoms with Gasteiger partial charge in [0.05, 0.1) is 11.0 Å². The van der Waals surface area contributed by atoms with Gasteiger partial charge in [-0.2, -0.15) is 0 Å². The number of hydrogen-bond donors (Lipinski definition) is 2. The largest absolute Gasteiger partial charge is 0.355 e. The van der Waals surface area contributed by atoms with E-state index in [0.29, 0.717) is 6.54 Å². The molecular weight excluding hydrogens is 292 g/mol. The lowest BCUT2D eigenvalue weighted by atomic mass is 10.3. The van der Waals surface area contributed by atoms with Gasteiger partial charge in [-0.15, -0.1) is 0 Å². The third-order valence-corrected chi connectivity index (χ3v) is 3.56. The minimum absolute atomic E-state index is 0.0459. The third kappa shape index (κ3) is 3.85. The van der Waals surface area contributed by atoms with Crippen LogP contribution >= 0.6 is 0 Å². The van der Waals surface area contributed by atoms with Crippen LogP contribution in [-0.4, -0.2) is 27.0 Å². The molecule has 3 aromatic rings. The molecular formula is C17H18N4O2. The first-order chi connectivity index (χ1) is 11.2. The maximum atomic E-state index is 11.8. The number of para-hydroxylation sites is 2. The number of H-pyrrole nitrogens is 1. The Morgan fingerprint density at radius 1 is 1.17 bits per heavy atom. The smallest absolute Gasteiger partial charge is 0.250 e. The second-order valence-electron chi connectivity index (χ2n) is 5.32. The maximum absolute atomic E-state index is 11.8. The van der Waals surface area contributed by atoms with E-state index in [4.69, 9.17) is 0 Å². The van der Waals surface area contributed by atoms with Gasteiger partial charge in [0.15, 0.2) is 0 Å². The number of nitrogens with one attached hydrogen (secondary N) is 2. The van der Waals surface area contributed by atoms with E-state index in [9.17, 15) is 9.59 Å². The molecule has 6 heteroatoms. The molecule has 1 aromatic carbocycles. The number of amides is 1. The van der Waals surface area contributed by atoms with Crippen LogP contribution in [0.15, 0.2) is 53.5 Å². The molecule has 3 rings (SSSR count). The molecule has 0 fully saturated rings. The van der Waals surface area contributed by atoms with Crippen molar-refractivity contribution in [2.75, 3.05) is 6.54 Å². The van der Waals surface area contributed by atoms with Crippen molar-refractivity contribution in [1.82, 2.24) is 19.9 Å². The number of aromatic amines is 1. The summed E-state index contributed by atoms with van der Waals surface area (Å²) in [6.07, 6.45) is 3.16. The quantitative estimate of drug-likeness (QED) is 0.677. The van der Waals surface area contributed by atoms with E-state index in [1.165, 1.54) is 10.6 Å². The second-order valence-corrected chi connectivity index (χ2v) is 5.32. The Morgan fingerprint density at radius 3 is 2.83 bits per heavy atom. The number of benzene rings is 1. The Bertz CT molecular complexity index is 833. The molecule has 0 saturated carbocycles. The summed E-state index contributed by atoms with van der Waals surface area (Å²) in [5, 5.41) is 2.82. The number of rotatable bonds is 6. The van der Waals surface area contributed by atoms with E-state index in [1.807, 2.05) is 24.3 Å². The first-order valence-corrected chi connectivity index (χ1v) is 7.58. The normalized spacial score (nSPS) is 10.8. The molecule has 23 heavy (non-hydrogen) atoms. The summed E-state index contributed by atoms with van der Waals surface area (Å²) in [4.78, 5) is 31.1. The van der Waals surface area contributed by atoms with Crippen LogP contribution in [0.1, 0.15) is 12.2 Å². The Kier molecular flexibility index (Phi) is 4.52. The highest BCUT2D eigenvalue weighted by atomic mass is 16.2. The topological polar surface area (TPSA) is 79.8 Å². The van der Waals surface area contributed by atoms with Crippen LogP contribution in [0, 0.1) is 0 Å². The lowest BCUT2D eigenvalue weighted by Gasteiger charge is -2.06. The number of imidazole rings is 1. The maximum Gasteiger partial charge on any atom is 0.250 e. The number of fused-ring (bicyclic) bond motifs is 1. The average Bonchev–Trinajstić information content (AvgIpc) is 2.96. The van der Waals surface area contributed by atoms with Crippen molar-refractivity contribution in [1.29, 1.82) is 0 Å². The highest BCUT2D eigenvalue weighted by molar-refractivity contribution is 5.75. The average molecular weight is 310 g/mol. The van der Waals surface area contributed by atoms with Gasteiger partial charge in [-0.05, 0) is 24.6 Å². The fourth-order valence-corrected chi connectivity index (χ4v) is 2.41. The van der Waals surface area contributed by atoms with Gasteiger partial charge in [-0.3, -0.25) is 9.59 Å². The van der Waals surface area contributed by atoms with Crippen molar-refractivity contribution in [3.63, 3.8) is 0 Å². The van der Waals surface area contributed by atoms with Crippen molar-refractivity contribution in [2.24, 2.45) is 0 Å². The van der Waals surface area contributed by atoms with Crippen LogP contribution in [0.3, 0.4) is 0 Å². The van der Waals surface area contributed by atoms with Gasteiger partial charge in [0.2, 0.25) is 5.91 Å². The zero-order chi connectivity index (χ0) is 16.1. The standard InChI is InChI=1S/C17H18N4O2/c22-16(12-21-11-4-3-9-17(21)23)18-10-5-8-15-19-13-6-1-2-7-14(13)20-15/h1-4,6-7,9,11H,5,8,10,12H2,(H,18,22)(H,19,20). The van der Waals surface area contributed by atoms with Gasteiger partial charge in [-0.1, -0.05) is 18.2 Å². The number of carbonyl (C=O) groups excluding carboxylic acids is 1. The zero-order valence-corrected chi connectivity index (χ0v) is 12.7. The van der Waals surface area contributed by atoms with Gasteiger partial charge in [0, 0.05) is 25.2 Å². The molecule has 2 aromatic heterocycles. The summed E-state index contributed by atoms with van der Waals surface area (Å²) in [5.41, 5.74) is 1.80. The van der Waals surface area contributed by atoms with Crippen molar-refractivity contribution in [2.45, 2.75) is 19.4 Å². The molecule has 0 spiro atoms. The van der Waals surface area contributed by atoms with Gasteiger partial charge in [-0.25, -0.2) is 4.98 Å². The van der Waals surface area contributed by atoms with Crippen LogP contribution in [0.4, 0.5) is 0 Å². The number of pyridine rings is 1. The van der Waals surface area contributed by atoms with E-state index in [2.05, 4.69) is 15.3 Å². The van der Waals surface area contributed by atoms with Gasteiger partial charge < -0.3 is 14.9 Å². The molecule has 0 atom stereocenters. The van der Waals surface area contributed by atoms with E-state index < -0.39 is 0 Å². The van der Waals surface area contributed by atoms with Gasteiger partial charge >= 0.3 is 0 Å². The van der Waals surface area contributed by atoms with Crippen LogP contribution in [0.5, 0.6) is 0 Å². The lowest BCUT2D eigenvalue weighted by molar-refractivity contribution is -0.121. The van der Waals surface area contributed by atoms with E-state index in [-0.39, 0.29) is 18.0 Å². The summed E-state index contributed by atoms with van der Waals surface area (Å²) in [5.74, 6) is 0.752. The summed E-state index contributed by atoms with van der Waals surface area (Å²) >= 11 is 0. The molecule has 2 heterocycles. The number of nitrogens with zero attached hydrogens (tertiary/aromatic N) is 2. The molecule has 2 N–H and O–H groups in total. The highest BCUT2D eigenvalue weighted by Crippen LogP contribution is 2.10. The van der Waals surface area contributed by atoms with Crippen LogP contribution < -0.4 is 10.9 Å². The molecule has 0 aliphatic carbocycles. The second kappa shape index (κ2) is 6.91. The summed E-state index contributed by atoms with van der Waals surface area (Å²) < 4.78 is 1.38. The zero-order valence-electron chi connectivity index (χ0n) is 12.7. The number of carbonyl (C=O) groups is 1. The minimum atomic E-state index is -0.176. The van der Waals surface area contributed by atoms with Crippen molar-refractivity contribution >= 4 is 16.9 Å². The molecule has 0 bridgehead atoms. The molecule has 0 saturated heterocycles. The molecule has 6 nitrogen and oxygen atoms in total. The van der Waals surface area contributed by atoms with Crippen LogP contribution in [0.2, 0.25) is 0 Å². The fourth-order valence-electron chi connectivity index (χ4n) is 2.41. The predicted octanol–water partition coefficient (Wildman–Crippen LogP) is 1.47.